The van der Waals surface area contributed by atoms with Gasteiger partial charge in [0, 0.05) is 17.7 Å². The van der Waals surface area contributed by atoms with Gasteiger partial charge in [-0.2, -0.15) is 0 Å². The minimum atomic E-state index is -1.20. The molecule has 6 heteroatoms. The lowest BCUT2D eigenvalue weighted by molar-refractivity contribution is -0.137. The van der Waals surface area contributed by atoms with Crippen LogP contribution < -0.4 is 5.32 Å². The number of anilines is 1. The van der Waals surface area contributed by atoms with E-state index in [0.717, 1.165) is 24.1 Å². The molecule has 4 nitrogen and oxygen atoms in total. The Kier molecular flexibility index (Phi) is 5.02. The molecule has 2 N–H and O–H groups in total. The molecule has 0 aliphatic heterocycles. The molecule has 26 heavy (non-hydrogen) atoms. The van der Waals surface area contributed by atoms with Gasteiger partial charge in [0.05, 0.1) is 5.41 Å². The third-order valence-corrected chi connectivity index (χ3v) is 4.90. The van der Waals surface area contributed by atoms with Gasteiger partial charge in [-0.1, -0.05) is 24.6 Å². The van der Waals surface area contributed by atoms with Crippen LogP contribution in [0.1, 0.15) is 36.8 Å². The normalized spacial score (nSPS) is 15.2. The fourth-order valence-electron chi connectivity index (χ4n) is 3.38. The molecule has 0 bridgehead atoms. The van der Waals surface area contributed by atoms with E-state index < -0.39 is 28.9 Å². The van der Waals surface area contributed by atoms with Crippen LogP contribution in [0.3, 0.4) is 0 Å². The maximum absolute atomic E-state index is 14.2. The molecule has 0 spiro atoms. The molecule has 0 atom stereocenters. The van der Waals surface area contributed by atoms with Gasteiger partial charge in [-0.15, -0.1) is 0 Å². The number of benzene rings is 2. The lowest BCUT2D eigenvalue weighted by Gasteiger charge is -2.40. The Morgan fingerprint density at radius 3 is 2.31 bits per heavy atom. The number of aliphatic carboxylic acids is 1. The summed E-state index contributed by atoms with van der Waals surface area (Å²) >= 11 is 0. The monoisotopic (exact) mass is 359 g/mol. The quantitative estimate of drug-likeness (QED) is 0.818. The van der Waals surface area contributed by atoms with E-state index in [2.05, 4.69) is 5.32 Å². The van der Waals surface area contributed by atoms with Crippen molar-refractivity contribution in [1.29, 1.82) is 0 Å². The van der Waals surface area contributed by atoms with Crippen molar-refractivity contribution in [1.82, 2.24) is 0 Å². The van der Waals surface area contributed by atoms with E-state index in [-0.39, 0.29) is 12.0 Å². The minimum absolute atomic E-state index is 0.0121. The van der Waals surface area contributed by atoms with Crippen molar-refractivity contribution in [2.75, 3.05) is 5.32 Å². The van der Waals surface area contributed by atoms with E-state index in [9.17, 15) is 18.4 Å². The lowest BCUT2D eigenvalue weighted by Crippen LogP contribution is -2.47. The molecule has 0 heterocycles. The average molecular weight is 359 g/mol. The largest absolute Gasteiger partial charge is 0.481 e. The predicted molar refractivity (Wildman–Crippen MR) is 92.9 cm³/mol. The number of halogens is 2. The van der Waals surface area contributed by atoms with Gasteiger partial charge in [-0.25, -0.2) is 8.78 Å². The van der Waals surface area contributed by atoms with Crippen LogP contribution in [0, 0.1) is 11.6 Å². The van der Waals surface area contributed by atoms with Crippen LogP contribution >= 0.6 is 0 Å². The Bertz CT molecular complexity index is 826. The molecule has 136 valence electrons. The summed E-state index contributed by atoms with van der Waals surface area (Å²) in [4.78, 5) is 23.6. The molecule has 0 radical (unpaired) electrons. The van der Waals surface area contributed by atoms with Crippen molar-refractivity contribution in [3.8, 4) is 0 Å². The van der Waals surface area contributed by atoms with Crippen LogP contribution in [0.25, 0.3) is 0 Å². The van der Waals surface area contributed by atoms with E-state index in [4.69, 9.17) is 5.11 Å². The molecular formula is C20H19F2NO3. The van der Waals surface area contributed by atoms with Crippen molar-refractivity contribution in [2.24, 2.45) is 0 Å². The summed E-state index contributed by atoms with van der Waals surface area (Å²) in [6.45, 7) is 0. The number of hydrogen-bond donors (Lipinski definition) is 2. The molecular weight excluding hydrogens is 340 g/mol. The molecule has 2 aromatic carbocycles. The number of amides is 1. The molecule has 1 saturated carbocycles. The SMILES string of the molecule is O=C(O)CCc1cccc(NC(=O)C2(c3c(F)cccc3F)CCC2)c1. The molecule has 1 aliphatic carbocycles. The second-order valence-corrected chi connectivity index (χ2v) is 6.58. The number of hydrogen-bond acceptors (Lipinski definition) is 2. The van der Waals surface area contributed by atoms with E-state index in [1.165, 1.54) is 6.07 Å². The molecule has 0 saturated heterocycles. The highest BCUT2D eigenvalue weighted by Crippen LogP contribution is 2.46. The Balaban J connectivity index is 1.83. The van der Waals surface area contributed by atoms with Crippen molar-refractivity contribution in [3.63, 3.8) is 0 Å². The highest BCUT2D eigenvalue weighted by atomic mass is 19.1. The van der Waals surface area contributed by atoms with Gasteiger partial charge >= 0.3 is 5.97 Å². The number of carbonyl (C=O) groups excluding carboxylic acids is 1. The zero-order valence-corrected chi connectivity index (χ0v) is 14.1. The maximum atomic E-state index is 14.2. The summed E-state index contributed by atoms with van der Waals surface area (Å²) in [6, 6.07) is 10.5. The predicted octanol–water partition coefficient (Wildman–Crippen LogP) is 4.04. The van der Waals surface area contributed by atoms with Crippen molar-refractivity contribution >= 4 is 17.6 Å². The third kappa shape index (κ3) is 3.45. The maximum Gasteiger partial charge on any atom is 0.303 e. The first kappa shape index (κ1) is 18.0. The van der Waals surface area contributed by atoms with E-state index >= 15 is 0 Å². The van der Waals surface area contributed by atoms with Crippen LogP contribution in [-0.2, 0) is 21.4 Å². The number of carbonyl (C=O) groups is 2. The first-order valence-electron chi connectivity index (χ1n) is 8.49. The zero-order valence-electron chi connectivity index (χ0n) is 14.1. The average Bonchev–Trinajstić information content (AvgIpc) is 2.55. The molecule has 2 aromatic rings. The van der Waals surface area contributed by atoms with Crippen LogP contribution in [0.4, 0.5) is 14.5 Å². The molecule has 0 aromatic heterocycles. The van der Waals surface area contributed by atoms with E-state index in [0.29, 0.717) is 24.9 Å². The van der Waals surface area contributed by atoms with Crippen molar-refractivity contribution < 1.29 is 23.5 Å². The number of rotatable bonds is 6. The molecule has 3 rings (SSSR count). The van der Waals surface area contributed by atoms with Gasteiger partial charge in [0.2, 0.25) is 5.91 Å². The summed E-state index contributed by atoms with van der Waals surface area (Å²) < 4.78 is 28.5. The molecule has 1 fully saturated rings. The number of carboxylic acids is 1. The van der Waals surface area contributed by atoms with Crippen molar-refractivity contribution in [3.05, 3.63) is 65.2 Å². The number of aryl methyl sites for hydroxylation is 1. The van der Waals surface area contributed by atoms with Gasteiger partial charge in [-0.05, 0) is 49.1 Å². The standard InChI is InChI=1S/C20H19F2NO3/c21-15-6-2-7-16(22)18(15)20(10-3-11-20)19(26)23-14-5-1-4-13(12-14)8-9-17(24)25/h1-2,4-7,12H,3,8-11H2,(H,23,26)(H,24,25). The molecule has 1 amide bonds. The Morgan fingerprint density at radius 1 is 1.08 bits per heavy atom. The molecule has 1 aliphatic rings. The fraction of sp³-hybridized carbons (Fsp3) is 0.300. The third-order valence-electron chi connectivity index (χ3n) is 4.90. The Morgan fingerprint density at radius 2 is 1.73 bits per heavy atom. The molecule has 0 unspecified atom stereocenters. The topological polar surface area (TPSA) is 66.4 Å². The Hall–Kier alpha value is -2.76. The zero-order chi connectivity index (χ0) is 18.7. The van der Waals surface area contributed by atoms with Crippen LogP contribution in [-0.4, -0.2) is 17.0 Å². The lowest BCUT2D eigenvalue weighted by atomic mass is 9.63. The second kappa shape index (κ2) is 7.23. The summed E-state index contributed by atoms with van der Waals surface area (Å²) in [6.07, 6.45) is 1.82. The highest BCUT2D eigenvalue weighted by molar-refractivity contribution is 6.00. The number of carboxylic acid groups (broad SMARTS) is 1. The van der Waals surface area contributed by atoms with Crippen LogP contribution in [0.15, 0.2) is 42.5 Å². The summed E-state index contributed by atoms with van der Waals surface area (Å²) in [5.74, 6) is -2.77. The van der Waals surface area contributed by atoms with Crippen LogP contribution in [0.2, 0.25) is 0 Å². The van der Waals surface area contributed by atoms with Gasteiger partial charge < -0.3 is 10.4 Å². The second-order valence-electron chi connectivity index (χ2n) is 6.58. The summed E-state index contributed by atoms with van der Waals surface area (Å²) in [5.41, 5.74) is -0.122. The highest BCUT2D eigenvalue weighted by Gasteiger charge is 2.49. The fourth-order valence-corrected chi connectivity index (χ4v) is 3.38. The Labute approximate surface area is 149 Å². The van der Waals surface area contributed by atoms with E-state index in [1.54, 1.807) is 24.3 Å². The van der Waals surface area contributed by atoms with Crippen molar-refractivity contribution in [2.45, 2.75) is 37.5 Å². The van der Waals surface area contributed by atoms with E-state index in [1.807, 2.05) is 0 Å². The van der Waals surface area contributed by atoms with Gasteiger partial charge in [0.1, 0.15) is 11.6 Å². The number of nitrogens with one attached hydrogen (secondary N) is 1. The van der Waals surface area contributed by atoms with Gasteiger partial charge in [-0.3, -0.25) is 9.59 Å². The van der Waals surface area contributed by atoms with Crippen LogP contribution in [0.5, 0.6) is 0 Å². The summed E-state index contributed by atoms with van der Waals surface area (Å²) in [5, 5.41) is 11.5. The smallest absolute Gasteiger partial charge is 0.303 e. The van der Waals surface area contributed by atoms with Gasteiger partial charge in [0.25, 0.3) is 0 Å². The van der Waals surface area contributed by atoms with Gasteiger partial charge in [0.15, 0.2) is 0 Å². The summed E-state index contributed by atoms with van der Waals surface area (Å²) in [7, 11) is 0. The first-order chi connectivity index (χ1) is 12.4. The first-order valence-corrected chi connectivity index (χ1v) is 8.49. The minimum Gasteiger partial charge on any atom is -0.481 e.